The Morgan fingerprint density at radius 1 is 1.14 bits per heavy atom. The van der Waals surface area contributed by atoms with Crippen LogP contribution in [0.25, 0.3) is 6.08 Å². The topological polar surface area (TPSA) is 95.5 Å². The van der Waals surface area contributed by atoms with Crippen molar-refractivity contribution in [1.29, 1.82) is 0 Å². The van der Waals surface area contributed by atoms with Crippen molar-refractivity contribution in [2.75, 3.05) is 6.54 Å². The maximum absolute atomic E-state index is 11.7. The molecule has 0 aliphatic rings. The highest BCUT2D eigenvalue weighted by Crippen LogP contribution is 2.03. The van der Waals surface area contributed by atoms with Crippen LogP contribution in [0, 0.1) is 0 Å². The quantitative estimate of drug-likeness (QED) is 0.367. The second kappa shape index (κ2) is 9.28. The van der Waals surface area contributed by atoms with E-state index in [1.165, 1.54) is 6.08 Å². The summed E-state index contributed by atoms with van der Waals surface area (Å²) in [5.74, 6) is -0.429. The van der Waals surface area contributed by atoms with Gasteiger partial charge in [-0.3, -0.25) is 10.0 Å². The normalized spacial score (nSPS) is 11.7. The summed E-state index contributed by atoms with van der Waals surface area (Å²) in [6.07, 6.45) is 3.72. The van der Waals surface area contributed by atoms with Crippen molar-refractivity contribution in [3.63, 3.8) is 0 Å². The van der Waals surface area contributed by atoms with E-state index in [0.29, 0.717) is 25.8 Å². The number of unbranched alkanes of at least 4 members (excludes halogenated alkanes) is 2. The number of amides is 1. The first-order valence-electron chi connectivity index (χ1n) is 6.69. The third-order valence-electron chi connectivity index (χ3n) is 2.75. The van der Waals surface area contributed by atoms with Crippen molar-refractivity contribution >= 4 is 22.0 Å². The first-order valence-corrected chi connectivity index (χ1v) is 8.24. The van der Waals surface area contributed by atoms with E-state index >= 15 is 0 Å². The van der Waals surface area contributed by atoms with Crippen molar-refractivity contribution < 1.29 is 18.4 Å². The number of sulfonamides is 1. The Kier molecular flexibility index (Phi) is 7.66. The fraction of sp³-hybridized carbons (Fsp3) is 0.357. The third-order valence-corrected chi connectivity index (χ3v) is 3.85. The lowest BCUT2D eigenvalue weighted by Gasteiger charge is -2.03. The summed E-state index contributed by atoms with van der Waals surface area (Å²) in [5, 5.41) is 9.44. The van der Waals surface area contributed by atoms with Crippen molar-refractivity contribution in [1.82, 2.24) is 10.2 Å². The van der Waals surface area contributed by atoms with Gasteiger partial charge in [-0.1, -0.05) is 36.8 Å². The van der Waals surface area contributed by atoms with Crippen molar-refractivity contribution in [2.24, 2.45) is 0 Å². The Hall–Kier alpha value is -1.70. The lowest BCUT2D eigenvalue weighted by molar-refractivity contribution is -0.129. The van der Waals surface area contributed by atoms with Crippen LogP contribution in [0.3, 0.4) is 0 Å². The van der Waals surface area contributed by atoms with Crippen molar-refractivity contribution in [3.8, 4) is 0 Å². The largest absolute Gasteiger partial charge is 0.289 e. The van der Waals surface area contributed by atoms with Crippen molar-refractivity contribution in [3.05, 3.63) is 41.3 Å². The zero-order valence-corrected chi connectivity index (χ0v) is 12.5. The molecule has 0 fully saturated rings. The van der Waals surface area contributed by atoms with Gasteiger partial charge in [0.15, 0.2) is 0 Å². The number of benzene rings is 1. The minimum Gasteiger partial charge on any atom is -0.289 e. The maximum atomic E-state index is 11.7. The molecule has 1 rings (SSSR count). The Balaban J connectivity index is 2.24. The van der Waals surface area contributed by atoms with Gasteiger partial charge in [0.2, 0.25) is 15.9 Å². The van der Waals surface area contributed by atoms with Gasteiger partial charge in [-0.2, -0.15) is 0 Å². The van der Waals surface area contributed by atoms with Crippen LogP contribution in [0.5, 0.6) is 0 Å². The summed E-state index contributed by atoms with van der Waals surface area (Å²) < 4.78 is 25.9. The van der Waals surface area contributed by atoms with Crippen LogP contribution in [0.4, 0.5) is 0 Å². The van der Waals surface area contributed by atoms with Crippen LogP contribution in [0.15, 0.2) is 35.7 Å². The second-order valence-electron chi connectivity index (χ2n) is 4.50. The van der Waals surface area contributed by atoms with Gasteiger partial charge in [-0.05, 0) is 24.5 Å². The molecule has 1 amide bonds. The number of nitrogens with one attached hydrogen (secondary N) is 2. The van der Waals surface area contributed by atoms with Crippen LogP contribution >= 0.6 is 0 Å². The lowest BCUT2D eigenvalue weighted by atomic mass is 10.2. The molecule has 1 aromatic carbocycles. The highest BCUT2D eigenvalue weighted by atomic mass is 32.2. The zero-order valence-electron chi connectivity index (χ0n) is 11.7. The van der Waals surface area contributed by atoms with E-state index in [0.717, 1.165) is 11.0 Å². The van der Waals surface area contributed by atoms with E-state index in [2.05, 4.69) is 4.72 Å². The van der Waals surface area contributed by atoms with Gasteiger partial charge >= 0.3 is 0 Å². The van der Waals surface area contributed by atoms with Crippen LogP contribution in [0.1, 0.15) is 31.2 Å². The molecule has 0 saturated carbocycles. The second-order valence-corrected chi connectivity index (χ2v) is 6.15. The molecule has 0 aromatic heterocycles. The fourth-order valence-electron chi connectivity index (χ4n) is 1.64. The predicted molar refractivity (Wildman–Crippen MR) is 80.8 cm³/mol. The molecule has 6 nitrogen and oxygen atoms in total. The van der Waals surface area contributed by atoms with Crippen molar-refractivity contribution in [2.45, 2.75) is 25.7 Å². The van der Waals surface area contributed by atoms with E-state index in [-0.39, 0.29) is 6.42 Å². The van der Waals surface area contributed by atoms with Crippen LogP contribution < -0.4 is 10.2 Å². The molecule has 0 saturated heterocycles. The van der Waals surface area contributed by atoms with E-state index in [1.807, 2.05) is 30.3 Å². The molecule has 0 heterocycles. The van der Waals surface area contributed by atoms with Gasteiger partial charge in [-0.25, -0.2) is 18.6 Å². The molecule has 7 heteroatoms. The van der Waals surface area contributed by atoms with Gasteiger partial charge in [0.25, 0.3) is 0 Å². The highest BCUT2D eigenvalue weighted by molar-refractivity contribution is 7.92. The molecule has 0 radical (unpaired) electrons. The first kappa shape index (κ1) is 17.4. The predicted octanol–water partition coefficient (Wildman–Crippen LogP) is 1.64. The molecule has 1 aromatic rings. The Bertz CT molecular complexity index is 556. The van der Waals surface area contributed by atoms with Gasteiger partial charge in [0.1, 0.15) is 0 Å². The van der Waals surface area contributed by atoms with E-state index in [9.17, 15) is 13.2 Å². The van der Waals surface area contributed by atoms with Gasteiger partial charge in [-0.15, -0.1) is 0 Å². The summed E-state index contributed by atoms with van der Waals surface area (Å²) in [7, 11) is -3.44. The van der Waals surface area contributed by atoms with Crippen LogP contribution in [-0.4, -0.2) is 26.1 Å². The van der Waals surface area contributed by atoms with Gasteiger partial charge < -0.3 is 0 Å². The number of rotatable bonds is 9. The average Bonchev–Trinajstić information content (AvgIpc) is 2.49. The summed E-state index contributed by atoms with van der Waals surface area (Å²) in [6.45, 7) is 0.322. The minimum absolute atomic E-state index is 0.233. The van der Waals surface area contributed by atoms with Crippen LogP contribution in [-0.2, 0) is 14.8 Å². The molecule has 0 atom stereocenters. The molecule has 21 heavy (non-hydrogen) atoms. The first-order chi connectivity index (χ1) is 10.0. The molecule has 0 bridgehead atoms. The van der Waals surface area contributed by atoms with Gasteiger partial charge in [0.05, 0.1) is 0 Å². The summed E-state index contributed by atoms with van der Waals surface area (Å²) in [5.41, 5.74) is 2.37. The SMILES string of the molecule is O=C(CCCCCNS(=O)(=O)C=Cc1ccccc1)NO. The minimum atomic E-state index is -3.44. The fourth-order valence-corrected chi connectivity index (χ4v) is 2.50. The summed E-state index contributed by atoms with van der Waals surface area (Å²) in [6, 6.07) is 9.17. The molecular weight excluding hydrogens is 292 g/mol. The summed E-state index contributed by atoms with van der Waals surface area (Å²) in [4.78, 5) is 10.7. The molecule has 0 aliphatic carbocycles. The Labute approximate surface area is 124 Å². The third kappa shape index (κ3) is 8.23. The number of carbonyl (C=O) groups excluding carboxylic acids is 1. The zero-order chi connectivity index (χ0) is 15.6. The smallest absolute Gasteiger partial charge is 0.243 e. The molecule has 0 aliphatic heterocycles. The number of carbonyl (C=O) groups is 1. The molecule has 0 spiro atoms. The highest BCUT2D eigenvalue weighted by Gasteiger charge is 2.04. The molecular formula is C14H20N2O4S. The molecule has 3 N–H and O–H groups in total. The summed E-state index contributed by atoms with van der Waals surface area (Å²) >= 11 is 0. The number of hydroxylamine groups is 1. The Morgan fingerprint density at radius 2 is 1.86 bits per heavy atom. The number of hydrogen-bond donors (Lipinski definition) is 3. The molecule has 116 valence electrons. The number of hydrogen-bond acceptors (Lipinski definition) is 4. The maximum Gasteiger partial charge on any atom is 0.243 e. The van der Waals surface area contributed by atoms with E-state index < -0.39 is 15.9 Å². The molecule has 0 unspecified atom stereocenters. The van der Waals surface area contributed by atoms with Gasteiger partial charge in [0, 0.05) is 18.4 Å². The lowest BCUT2D eigenvalue weighted by Crippen LogP contribution is -2.22. The standard InChI is InChI=1S/C14H20N2O4S/c17-14(16-18)9-5-2-6-11-15-21(19,20)12-10-13-7-3-1-4-8-13/h1,3-4,7-8,10,12,15,18H,2,5-6,9,11H2,(H,16,17). The average molecular weight is 312 g/mol. The monoisotopic (exact) mass is 312 g/mol. The van der Waals surface area contributed by atoms with Crippen LogP contribution in [0.2, 0.25) is 0 Å². The van der Waals surface area contributed by atoms with E-state index in [4.69, 9.17) is 5.21 Å². The van der Waals surface area contributed by atoms with E-state index in [1.54, 1.807) is 5.48 Å². The Morgan fingerprint density at radius 3 is 2.52 bits per heavy atom.